The van der Waals surface area contributed by atoms with E-state index < -0.39 is 5.97 Å². The number of amides is 1. The minimum Gasteiger partial charge on any atom is -0.484 e. The van der Waals surface area contributed by atoms with E-state index in [-0.39, 0.29) is 30.2 Å². The van der Waals surface area contributed by atoms with E-state index in [0.29, 0.717) is 16.5 Å². The molecule has 10 heteroatoms. The van der Waals surface area contributed by atoms with Crippen molar-refractivity contribution in [1.29, 1.82) is 0 Å². The number of carboxylic acids is 1. The smallest absolute Gasteiger partial charge is 0.335 e. The monoisotopic (exact) mass is 589 g/mol. The largest absolute Gasteiger partial charge is 0.484 e. The Hall–Kier alpha value is -5.48. The predicted octanol–water partition coefficient (Wildman–Crippen LogP) is 5.77. The summed E-state index contributed by atoms with van der Waals surface area (Å²) in [5, 5.41) is 16.2. The van der Waals surface area contributed by atoms with Gasteiger partial charge in [0, 0.05) is 35.1 Å². The van der Waals surface area contributed by atoms with Gasteiger partial charge in [-0.25, -0.2) is 4.79 Å². The summed E-state index contributed by atoms with van der Waals surface area (Å²) in [7, 11) is 0. The number of carbonyl (C=O) groups excluding carboxylic acids is 1. The molecule has 1 amide bonds. The number of carbonyl (C=O) groups is 2. The van der Waals surface area contributed by atoms with Crippen LogP contribution in [0.4, 0.5) is 11.4 Å². The molecule has 0 bridgehead atoms. The molecule has 0 aliphatic carbocycles. The van der Waals surface area contributed by atoms with Crippen LogP contribution in [0, 0.1) is 0 Å². The maximum Gasteiger partial charge on any atom is 0.335 e. The summed E-state index contributed by atoms with van der Waals surface area (Å²) in [4.78, 5) is 30.6. The molecular formula is C33H27N5O4S. The third-order valence-corrected chi connectivity index (χ3v) is 7.43. The first-order chi connectivity index (χ1) is 21.0. The van der Waals surface area contributed by atoms with Gasteiger partial charge in [0.15, 0.2) is 11.7 Å². The zero-order valence-electron chi connectivity index (χ0n) is 22.8. The molecule has 5 aromatic rings. The van der Waals surface area contributed by atoms with Gasteiger partial charge in [-0.3, -0.25) is 9.78 Å². The molecule has 0 spiro atoms. The molecule has 6 rings (SSSR count). The van der Waals surface area contributed by atoms with E-state index in [2.05, 4.69) is 15.6 Å². The third kappa shape index (κ3) is 5.95. The lowest BCUT2D eigenvalue weighted by Gasteiger charge is -2.29. The first kappa shape index (κ1) is 27.7. The molecule has 0 saturated carbocycles. The second-order valence-corrected chi connectivity index (χ2v) is 10.2. The molecule has 3 heterocycles. The highest BCUT2D eigenvalue weighted by Gasteiger charge is 2.42. The zero-order chi connectivity index (χ0) is 29.8. The number of carboxylic acid groups (broad SMARTS) is 1. The highest BCUT2D eigenvalue weighted by molar-refractivity contribution is 7.80. The fraction of sp³-hybridized carbons (Fsp3) is 0.0909. The summed E-state index contributed by atoms with van der Waals surface area (Å²) in [5.74, 6) is -0.622. The van der Waals surface area contributed by atoms with Gasteiger partial charge in [0.05, 0.1) is 17.3 Å². The number of rotatable bonds is 9. The van der Waals surface area contributed by atoms with Gasteiger partial charge in [-0.05, 0) is 97.1 Å². The SMILES string of the molecule is O=C(COc1ccccc1)Nc1ccc(N2C(=S)N[C@@H](c3ccccn3)[C@@H]2c2cccn2-c2ccc(C(=O)O)cc2)cc1. The Morgan fingerprint density at radius 1 is 0.884 bits per heavy atom. The van der Waals surface area contributed by atoms with Crippen LogP contribution in [0.2, 0.25) is 0 Å². The summed E-state index contributed by atoms with van der Waals surface area (Å²) in [6.45, 7) is -0.107. The highest BCUT2D eigenvalue weighted by atomic mass is 32.1. The summed E-state index contributed by atoms with van der Waals surface area (Å²) < 4.78 is 7.58. The Balaban J connectivity index is 1.29. The first-order valence-electron chi connectivity index (χ1n) is 13.6. The fourth-order valence-corrected chi connectivity index (χ4v) is 5.48. The number of pyridine rings is 1. The van der Waals surface area contributed by atoms with Gasteiger partial charge >= 0.3 is 5.97 Å². The Labute approximate surface area is 253 Å². The van der Waals surface area contributed by atoms with Crippen molar-refractivity contribution < 1.29 is 19.4 Å². The molecule has 214 valence electrons. The summed E-state index contributed by atoms with van der Waals surface area (Å²) in [6.07, 6.45) is 3.69. The Bertz CT molecular complexity index is 1740. The number of hydrogen-bond acceptors (Lipinski definition) is 5. The van der Waals surface area contributed by atoms with E-state index in [1.165, 1.54) is 0 Å². The van der Waals surface area contributed by atoms with Crippen molar-refractivity contribution in [2.45, 2.75) is 12.1 Å². The lowest BCUT2D eigenvalue weighted by Crippen LogP contribution is -2.30. The van der Waals surface area contributed by atoms with E-state index in [1.807, 2.05) is 88.5 Å². The fourth-order valence-electron chi connectivity index (χ4n) is 5.14. The van der Waals surface area contributed by atoms with Crippen LogP contribution in [0.15, 0.2) is 122 Å². The van der Waals surface area contributed by atoms with E-state index in [0.717, 1.165) is 22.8 Å². The maximum atomic E-state index is 12.5. The van der Waals surface area contributed by atoms with E-state index in [4.69, 9.17) is 17.0 Å². The zero-order valence-corrected chi connectivity index (χ0v) is 23.6. The molecule has 2 aromatic heterocycles. The average Bonchev–Trinajstić information content (AvgIpc) is 3.66. The predicted molar refractivity (Wildman–Crippen MR) is 168 cm³/mol. The van der Waals surface area contributed by atoms with Gasteiger partial charge in [-0.2, -0.15) is 0 Å². The van der Waals surface area contributed by atoms with Crippen LogP contribution in [0.1, 0.15) is 33.8 Å². The number of para-hydroxylation sites is 1. The molecule has 2 atom stereocenters. The van der Waals surface area contributed by atoms with Gasteiger partial charge in [0.25, 0.3) is 5.91 Å². The van der Waals surface area contributed by atoms with Crippen LogP contribution < -0.4 is 20.3 Å². The second-order valence-electron chi connectivity index (χ2n) is 9.85. The number of nitrogens with one attached hydrogen (secondary N) is 2. The van der Waals surface area contributed by atoms with Crippen molar-refractivity contribution in [2.24, 2.45) is 0 Å². The maximum absolute atomic E-state index is 12.5. The number of ether oxygens (including phenoxy) is 1. The van der Waals surface area contributed by atoms with Gasteiger partial charge in [0.2, 0.25) is 0 Å². The van der Waals surface area contributed by atoms with E-state index >= 15 is 0 Å². The lowest BCUT2D eigenvalue weighted by molar-refractivity contribution is -0.118. The molecule has 3 aromatic carbocycles. The van der Waals surface area contributed by atoms with Gasteiger partial charge in [-0.1, -0.05) is 24.3 Å². The van der Waals surface area contributed by atoms with Crippen molar-refractivity contribution >= 4 is 40.6 Å². The molecule has 1 saturated heterocycles. The van der Waals surface area contributed by atoms with Gasteiger partial charge in [-0.15, -0.1) is 0 Å². The van der Waals surface area contributed by atoms with E-state index in [1.54, 1.807) is 42.6 Å². The van der Waals surface area contributed by atoms with Gasteiger partial charge in [0.1, 0.15) is 11.8 Å². The van der Waals surface area contributed by atoms with Crippen molar-refractivity contribution in [3.63, 3.8) is 0 Å². The van der Waals surface area contributed by atoms with Gasteiger partial charge < -0.3 is 29.9 Å². The normalized spacial score (nSPS) is 16.0. The van der Waals surface area contributed by atoms with Crippen molar-refractivity contribution in [1.82, 2.24) is 14.9 Å². The Morgan fingerprint density at radius 2 is 1.60 bits per heavy atom. The standard InChI is InChI=1S/C33H27N5O4S/c39-29(21-42-26-7-2-1-3-8-26)35-23-13-17-25(18-14-23)38-31(30(36-33(38)43)27-9-4-5-19-34-27)28-10-6-20-37(28)24-15-11-22(12-16-24)32(40)41/h1-20,30-31H,21H2,(H,35,39)(H,36,43)(H,40,41)/t30-,31-/m0/s1. The van der Waals surface area contributed by atoms with E-state index in [9.17, 15) is 14.7 Å². The topological polar surface area (TPSA) is 109 Å². The quantitative estimate of drug-likeness (QED) is 0.186. The molecule has 1 fully saturated rings. The number of nitrogens with zero attached hydrogens (tertiary/aromatic N) is 3. The van der Waals surface area contributed by atoms with Crippen LogP contribution in [0.25, 0.3) is 5.69 Å². The molecule has 3 N–H and O–H groups in total. The van der Waals surface area contributed by atoms with Crippen molar-refractivity contribution in [2.75, 3.05) is 16.8 Å². The number of aromatic nitrogens is 2. The molecule has 0 radical (unpaired) electrons. The highest BCUT2D eigenvalue weighted by Crippen LogP contribution is 2.42. The van der Waals surface area contributed by atoms with Crippen LogP contribution >= 0.6 is 12.2 Å². The number of hydrogen-bond donors (Lipinski definition) is 3. The van der Waals surface area contributed by atoms with Crippen molar-refractivity contribution in [3.8, 4) is 11.4 Å². The van der Waals surface area contributed by atoms with Crippen molar-refractivity contribution in [3.05, 3.63) is 139 Å². The molecule has 43 heavy (non-hydrogen) atoms. The van der Waals surface area contributed by atoms with Crippen LogP contribution in [0.5, 0.6) is 5.75 Å². The Kier molecular flexibility index (Phi) is 7.84. The summed E-state index contributed by atoms with van der Waals surface area (Å²) >= 11 is 5.87. The Morgan fingerprint density at radius 3 is 2.30 bits per heavy atom. The van der Waals surface area contributed by atoms with Crippen LogP contribution in [-0.4, -0.2) is 38.3 Å². The molecule has 0 unspecified atom stereocenters. The molecule has 9 nitrogen and oxygen atoms in total. The summed E-state index contributed by atoms with van der Waals surface area (Å²) in [5.41, 5.74) is 4.25. The average molecular weight is 590 g/mol. The summed E-state index contributed by atoms with van der Waals surface area (Å²) in [6, 6.07) is 32.6. The second kappa shape index (κ2) is 12.2. The molecular weight excluding hydrogens is 562 g/mol. The number of benzene rings is 3. The minimum atomic E-state index is -0.977. The van der Waals surface area contributed by atoms with Crippen LogP contribution in [0.3, 0.4) is 0 Å². The first-order valence-corrected chi connectivity index (χ1v) is 14.0. The lowest BCUT2D eigenvalue weighted by atomic mass is 10.0. The van der Waals surface area contributed by atoms with Crippen LogP contribution in [-0.2, 0) is 4.79 Å². The number of thiocarbonyl (C=S) groups is 1. The molecule has 1 aliphatic rings. The number of aromatic carboxylic acids is 1. The number of anilines is 2. The molecule has 1 aliphatic heterocycles. The third-order valence-electron chi connectivity index (χ3n) is 7.12. The minimum absolute atomic E-state index is 0.107.